The van der Waals surface area contributed by atoms with Gasteiger partial charge in [-0.25, -0.2) is 4.39 Å². The van der Waals surface area contributed by atoms with Gasteiger partial charge in [0.25, 0.3) is 0 Å². The number of nitrogens with zero attached hydrogens (tertiary/aromatic N) is 2. The summed E-state index contributed by atoms with van der Waals surface area (Å²) in [6.45, 7) is 4.99. The molecule has 18 heavy (non-hydrogen) atoms. The summed E-state index contributed by atoms with van der Waals surface area (Å²) in [6, 6.07) is 4.75. The number of piperazine rings is 1. The van der Waals surface area contributed by atoms with Crippen molar-refractivity contribution in [3.63, 3.8) is 0 Å². The summed E-state index contributed by atoms with van der Waals surface area (Å²) >= 11 is 0. The topological polar surface area (TPSA) is 49.6 Å². The van der Waals surface area contributed by atoms with Crippen LogP contribution >= 0.6 is 0 Å². The number of hydrogen-bond donors (Lipinski definition) is 1. The molecule has 0 radical (unpaired) electrons. The number of nitrogen functional groups attached to an aromatic ring is 1. The van der Waals surface area contributed by atoms with E-state index < -0.39 is 0 Å². The van der Waals surface area contributed by atoms with E-state index in [1.54, 1.807) is 24.0 Å². The van der Waals surface area contributed by atoms with E-state index in [2.05, 4.69) is 4.90 Å². The Balaban J connectivity index is 1.98. The number of benzene rings is 1. The molecule has 0 unspecified atom stereocenters. The summed E-state index contributed by atoms with van der Waals surface area (Å²) in [5.41, 5.74) is 6.82. The fourth-order valence-electron chi connectivity index (χ4n) is 2.19. The summed E-state index contributed by atoms with van der Waals surface area (Å²) in [7, 11) is 0. The Morgan fingerprint density at radius 2 is 2.00 bits per heavy atom. The van der Waals surface area contributed by atoms with E-state index in [1.165, 1.54) is 6.07 Å². The molecule has 0 aliphatic carbocycles. The second kappa shape index (κ2) is 5.35. The SMILES string of the molecule is CC(=O)N1CCN(Cc2c(N)cccc2F)CC1. The third-order valence-electron chi connectivity index (χ3n) is 3.35. The van der Waals surface area contributed by atoms with Crippen molar-refractivity contribution in [2.45, 2.75) is 13.5 Å². The van der Waals surface area contributed by atoms with Crippen LogP contribution in [0.4, 0.5) is 10.1 Å². The minimum Gasteiger partial charge on any atom is -0.398 e. The van der Waals surface area contributed by atoms with Crippen LogP contribution in [0.3, 0.4) is 0 Å². The van der Waals surface area contributed by atoms with Crippen LogP contribution in [0.1, 0.15) is 12.5 Å². The van der Waals surface area contributed by atoms with Crippen LogP contribution in [0.2, 0.25) is 0 Å². The van der Waals surface area contributed by atoms with Gasteiger partial charge in [-0.3, -0.25) is 9.69 Å². The molecule has 2 rings (SSSR count). The zero-order valence-electron chi connectivity index (χ0n) is 10.5. The molecule has 0 aromatic heterocycles. The van der Waals surface area contributed by atoms with Crippen LogP contribution in [0.5, 0.6) is 0 Å². The van der Waals surface area contributed by atoms with Crippen LogP contribution in [0.25, 0.3) is 0 Å². The van der Waals surface area contributed by atoms with Crippen molar-refractivity contribution < 1.29 is 9.18 Å². The highest BCUT2D eigenvalue weighted by atomic mass is 19.1. The van der Waals surface area contributed by atoms with Gasteiger partial charge in [-0.2, -0.15) is 0 Å². The molecule has 0 atom stereocenters. The lowest BCUT2D eigenvalue weighted by Crippen LogP contribution is -2.47. The van der Waals surface area contributed by atoms with Crippen LogP contribution in [0.15, 0.2) is 18.2 Å². The molecule has 1 fully saturated rings. The highest BCUT2D eigenvalue weighted by Crippen LogP contribution is 2.18. The average Bonchev–Trinajstić information content (AvgIpc) is 2.34. The lowest BCUT2D eigenvalue weighted by Gasteiger charge is -2.34. The zero-order valence-corrected chi connectivity index (χ0v) is 10.5. The van der Waals surface area contributed by atoms with Crippen LogP contribution in [0, 0.1) is 5.82 Å². The molecule has 4 nitrogen and oxygen atoms in total. The Morgan fingerprint density at radius 3 is 2.56 bits per heavy atom. The molecule has 1 aliphatic heterocycles. The van der Waals surface area contributed by atoms with Crippen molar-refractivity contribution in [3.05, 3.63) is 29.6 Å². The minimum absolute atomic E-state index is 0.0973. The zero-order chi connectivity index (χ0) is 13.1. The Labute approximate surface area is 106 Å². The van der Waals surface area contributed by atoms with E-state index in [9.17, 15) is 9.18 Å². The lowest BCUT2D eigenvalue weighted by atomic mass is 10.1. The molecule has 0 bridgehead atoms. The molecule has 1 aromatic rings. The molecule has 0 spiro atoms. The number of carbonyl (C=O) groups excluding carboxylic acids is 1. The van der Waals surface area contributed by atoms with Crippen LogP contribution in [-0.4, -0.2) is 41.9 Å². The smallest absolute Gasteiger partial charge is 0.219 e. The van der Waals surface area contributed by atoms with Crippen molar-refractivity contribution in [2.24, 2.45) is 0 Å². The fraction of sp³-hybridized carbons (Fsp3) is 0.462. The number of carbonyl (C=O) groups is 1. The first-order chi connectivity index (χ1) is 8.58. The Morgan fingerprint density at radius 1 is 1.33 bits per heavy atom. The third-order valence-corrected chi connectivity index (χ3v) is 3.35. The number of halogens is 1. The Hall–Kier alpha value is -1.62. The van der Waals surface area contributed by atoms with Crippen molar-refractivity contribution in [1.82, 2.24) is 9.80 Å². The van der Waals surface area contributed by atoms with E-state index in [0.717, 1.165) is 13.1 Å². The van der Waals surface area contributed by atoms with Crippen LogP contribution in [-0.2, 0) is 11.3 Å². The molecule has 5 heteroatoms. The normalized spacial score (nSPS) is 16.9. The van der Waals surface area contributed by atoms with Gasteiger partial charge in [0, 0.05) is 50.9 Å². The largest absolute Gasteiger partial charge is 0.398 e. The average molecular weight is 251 g/mol. The monoisotopic (exact) mass is 251 g/mol. The van der Waals surface area contributed by atoms with Gasteiger partial charge in [-0.1, -0.05) is 6.07 Å². The molecule has 0 saturated carbocycles. The molecular weight excluding hydrogens is 233 g/mol. The number of anilines is 1. The lowest BCUT2D eigenvalue weighted by molar-refractivity contribution is -0.130. The predicted molar refractivity (Wildman–Crippen MR) is 68.3 cm³/mol. The number of rotatable bonds is 2. The van der Waals surface area contributed by atoms with Gasteiger partial charge >= 0.3 is 0 Å². The Kier molecular flexibility index (Phi) is 3.81. The van der Waals surface area contributed by atoms with Crippen molar-refractivity contribution in [2.75, 3.05) is 31.9 Å². The van der Waals surface area contributed by atoms with Crippen molar-refractivity contribution in [1.29, 1.82) is 0 Å². The first-order valence-corrected chi connectivity index (χ1v) is 6.08. The van der Waals surface area contributed by atoms with Gasteiger partial charge in [-0.05, 0) is 12.1 Å². The molecule has 1 saturated heterocycles. The van der Waals surface area contributed by atoms with E-state index in [0.29, 0.717) is 30.9 Å². The highest BCUT2D eigenvalue weighted by molar-refractivity contribution is 5.73. The summed E-state index contributed by atoms with van der Waals surface area (Å²) in [5.74, 6) is -0.163. The summed E-state index contributed by atoms with van der Waals surface area (Å²) in [5, 5.41) is 0. The summed E-state index contributed by atoms with van der Waals surface area (Å²) < 4.78 is 13.6. The number of nitrogens with two attached hydrogens (primary N) is 1. The van der Waals surface area contributed by atoms with Gasteiger partial charge < -0.3 is 10.6 Å². The van der Waals surface area contributed by atoms with Crippen LogP contribution < -0.4 is 5.73 Å². The maximum Gasteiger partial charge on any atom is 0.219 e. The van der Waals surface area contributed by atoms with Crippen molar-refractivity contribution in [3.8, 4) is 0 Å². The first-order valence-electron chi connectivity index (χ1n) is 6.08. The molecule has 1 aliphatic rings. The molecular formula is C13H18FN3O. The van der Waals surface area contributed by atoms with Gasteiger partial charge in [0.05, 0.1) is 0 Å². The van der Waals surface area contributed by atoms with E-state index in [1.807, 2.05) is 0 Å². The summed E-state index contributed by atoms with van der Waals surface area (Å²) in [4.78, 5) is 15.1. The number of amides is 1. The van der Waals surface area contributed by atoms with E-state index >= 15 is 0 Å². The van der Waals surface area contributed by atoms with E-state index in [-0.39, 0.29) is 11.7 Å². The molecule has 98 valence electrons. The highest BCUT2D eigenvalue weighted by Gasteiger charge is 2.20. The second-order valence-corrected chi connectivity index (χ2v) is 4.59. The maximum absolute atomic E-state index is 13.6. The molecule has 1 amide bonds. The minimum atomic E-state index is -0.260. The molecule has 1 aromatic carbocycles. The second-order valence-electron chi connectivity index (χ2n) is 4.59. The van der Waals surface area contributed by atoms with E-state index in [4.69, 9.17) is 5.73 Å². The molecule has 1 heterocycles. The number of hydrogen-bond acceptors (Lipinski definition) is 3. The van der Waals surface area contributed by atoms with Gasteiger partial charge in [0.1, 0.15) is 5.82 Å². The summed E-state index contributed by atoms with van der Waals surface area (Å²) in [6.07, 6.45) is 0. The van der Waals surface area contributed by atoms with Gasteiger partial charge in [0.15, 0.2) is 0 Å². The fourth-order valence-corrected chi connectivity index (χ4v) is 2.19. The van der Waals surface area contributed by atoms with Crippen molar-refractivity contribution >= 4 is 11.6 Å². The third kappa shape index (κ3) is 2.79. The standard InChI is InChI=1S/C13H18FN3O/c1-10(18)17-7-5-16(6-8-17)9-11-12(14)3-2-4-13(11)15/h2-4H,5-9,15H2,1H3. The quantitative estimate of drug-likeness (QED) is 0.800. The molecule has 2 N–H and O–H groups in total. The first kappa shape index (κ1) is 12.8. The predicted octanol–water partition coefficient (Wildman–Crippen LogP) is 1.07. The maximum atomic E-state index is 13.6. The Bertz CT molecular complexity index is 422. The van der Waals surface area contributed by atoms with Gasteiger partial charge in [-0.15, -0.1) is 0 Å². The van der Waals surface area contributed by atoms with Gasteiger partial charge in [0.2, 0.25) is 5.91 Å².